The summed E-state index contributed by atoms with van der Waals surface area (Å²) in [6, 6.07) is 9.55. The predicted octanol–water partition coefficient (Wildman–Crippen LogP) is 3.48. The Morgan fingerprint density at radius 1 is 1.35 bits per heavy atom. The van der Waals surface area contributed by atoms with E-state index in [0.717, 1.165) is 17.0 Å². The Hall–Kier alpha value is -2.67. The minimum absolute atomic E-state index is 0.0226. The average Bonchev–Trinajstić information content (AvgIpc) is 3.16. The molecule has 0 amide bonds. The SMILES string of the molecule is CC(C)Oc1cccc(-c2ccn(-c3nc(C(=O)O)cs3)n2)c1. The fourth-order valence-electron chi connectivity index (χ4n) is 2.05. The molecule has 0 unspecified atom stereocenters. The first-order valence-corrected chi connectivity index (χ1v) is 7.93. The molecule has 0 saturated carbocycles. The van der Waals surface area contributed by atoms with Gasteiger partial charge < -0.3 is 9.84 Å². The van der Waals surface area contributed by atoms with Crippen LogP contribution >= 0.6 is 11.3 Å². The molecule has 2 aromatic heterocycles. The highest BCUT2D eigenvalue weighted by molar-refractivity contribution is 7.12. The first-order chi connectivity index (χ1) is 11.0. The summed E-state index contributed by atoms with van der Waals surface area (Å²) in [7, 11) is 0. The molecule has 6 nitrogen and oxygen atoms in total. The van der Waals surface area contributed by atoms with Crippen LogP contribution in [0, 0.1) is 0 Å². The first kappa shape index (κ1) is 15.2. The van der Waals surface area contributed by atoms with Crippen LogP contribution in [0.5, 0.6) is 5.75 Å². The van der Waals surface area contributed by atoms with Crippen LogP contribution in [0.25, 0.3) is 16.4 Å². The second kappa shape index (κ2) is 6.21. The number of ether oxygens (including phenoxy) is 1. The molecular weight excluding hydrogens is 314 g/mol. The molecule has 0 atom stereocenters. The zero-order valence-electron chi connectivity index (χ0n) is 12.6. The molecule has 0 radical (unpaired) electrons. The standard InChI is InChI=1S/C16H15N3O3S/c1-10(2)22-12-5-3-4-11(8-12)13-6-7-19(18-13)16-17-14(9-23-16)15(20)21/h3-10H,1-2H3,(H,20,21). The Balaban J connectivity index is 1.88. The summed E-state index contributed by atoms with van der Waals surface area (Å²) in [6.45, 7) is 3.95. The Labute approximate surface area is 137 Å². The normalized spacial score (nSPS) is 10.9. The molecule has 0 spiro atoms. The summed E-state index contributed by atoms with van der Waals surface area (Å²) in [5.74, 6) is -0.257. The van der Waals surface area contributed by atoms with Gasteiger partial charge in [-0.05, 0) is 32.0 Å². The van der Waals surface area contributed by atoms with Gasteiger partial charge in [-0.3, -0.25) is 0 Å². The average molecular weight is 329 g/mol. The number of hydrogen-bond donors (Lipinski definition) is 1. The van der Waals surface area contributed by atoms with Crippen LogP contribution in [0.1, 0.15) is 24.3 Å². The lowest BCUT2D eigenvalue weighted by Gasteiger charge is -2.10. The first-order valence-electron chi connectivity index (χ1n) is 7.05. The van der Waals surface area contributed by atoms with Gasteiger partial charge in [0.1, 0.15) is 5.75 Å². The highest BCUT2D eigenvalue weighted by Gasteiger charge is 2.12. The van der Waals surface area contributed by atoms with E-state index in [1.54, 1.807) is 10.9 Å². The molecule has 0 aliphatic rings. The van der Waals surface area contributed by atoms with Crippen LogP contribution in [0.2, 0.25) is 0 Å². The van der Waals surface area contributed by atoms with Crippen LogP contribution in [-0.2, 0) is 0 Å². The third kappa shape index (κ3) is 3.40. The van der Waals surface area contributed by atoms with E-state index in [9.17, 15) is 4.79 Å². The topological polar surface area (TPSA) is 77.2 Å². The monoisotopic (exact) mass is 329 g/mol. The Morgan fingerprint density at radius 3 is 2.87 bits per heavy atom. The summed E-state index contributed by atoms with van der Waals surface area (Å²) in [4.78, 5) is 14.9. The maximum atomic E-state index is 10.9. The number of aromatic carboxylic acids is 1. The molecule has 1 aromatic carbocycles. The van der Waals surface area contributed by atoms with E-state index in [1.807, 2.05) is 44.2 Å². The third-order valence-corrected chi connectivity index (χ3v) is 3.83. The summed E-state index contributed by atoms with van der Waals surface area (Å²) < 4.78 is 7.26. The van der Waals surface area contributed by atoms with Gasteiger partial charge >= 0.3 is 5.97 Å². The van der Waals surface area contributed by atoms with Gasteiger partial charge in [0.15, 0.2) is 5.69 Å². The molecule has 0 aliphatic heterocycles. The lowest BCUT2D eigenvalue weighted by atomic mass is 10.1. The van der Waals surface area contributed by atoms with Crippen molar-refractivity contribution in [3.63, 3.8) is 0 Å². The van der Waals surface area contributed by atoms with Crippen LogP contribution in [-0.4, -0.2) is 31.9 Å². The number of carboxylic acid groups (broad SMARTS) is 1. The van der Waals surface area contributed by atoms with Crippen molar-refractivity contribution in [3.05, 3.63) is 47.6 Å². The Morgan fingerprint density at radius 2 is 2.17 bits per heavy atom. The Kier molecular flexibility index (Phi) is 4.12. The van der Waals surface area contributed by atoms with Gasteiger partial charge in [-0.1, -0.05) is 12.1 Å². The van der Waals surface area contributed by atoms with E-state index in [2.05, 4.69) is 10.1 Å². The number of aromatic nitrogens is 3. The van der Waals surface area contributed by atoms with E-state index < -0.39 is 5.97 Å². The number of carboxylic acids is 1. The van der Waals surface area contributed by atoms with E-state index in [1.165, 1.54) is 16.7 Å². The van der Waals surface area contributed by atoms with E-state index in [-0.39, 0.29) is 11.8 Å². The maximum absolute atomic E-state index is 10.9. The number of hydrogen-bond acceptors (Lipinski definition) is 5. The number of thiazole rings is 1. The molecule has 3 aromatic rings. The molecule has 2 heterocycles. The highest BCUT2D eigenvalue weighted by Crippen LogP contribution is 2.24. The van der Waals surface area contributed by atoms with Gasteiger partial charge in [-0.25, -0.2) is 14.5 Å². The fraction of sp³-hybridized carbons (Fsp3) is 0.188. The van der Waals surface area contributed by atoms with Crippen LogP contribution in [0.15, 0.2) is 41.9 Å². The molecule has 3 rings (SSSR count). The molecular formula is C16H15N3O3S. The van der Waals surface area contributed by atoms with Crippen molar-refractivity contribution in [1.82, 2.24) is 14.8 Å². The molecule has 7 heteroatoms. The van der Waals surface area contributed by atoms with Gasteiger partial charge in [0.25, 0.3) is 0 Å². The third-order valence-electron chi connectivity index (χ3n) is 3.00. The van der Waals surface area contributed by atoms with Crippen molar-refractivity contribution in [3.8, 4) is 22.1 Å². The largest absolute Gasteiger partial charge is 0.491 e. The van der Waals surface area contributed by atoms with Gasteiger partial charge in [0.05, 0.1) is 11.8 Å². The van der Waals surface area contributed by atoms with Gasteiger partial charge in [-0.15, -0.1) is 11.3 Å². The van der Waals surface area contributed by atoms with Crippen molar-refractivity contribution >= 4 is 17.3 Å². The molecule has 0 fully saturated rings. The zero-order valence-corrected chi connectivity index (χ0v) is 13.4. The second-order valence-electron chi connectivity index (χ2n) is 5.16. The van der Waals surface area contributed by atoms with Gasteiger partial charge in [0, 0.05) is 17.1 Å². The second-order valence-corrected chi connectivity index (χ2v) is 6.00. The molecule has 0 saturated heterocycles. The zero-order chi connectivity index (χ0) is 16.4. The van der Waals surface area contributed by atoms with Gasteiger partial charge in [-0.2, -0.15) is 5.10 Å². The Bertz CT molecular complexity index is 838. The lowest BCUT2D eigenvalue weighted by Crippen LogP contribution is -2.05. The van der Waals surface area contributed by atoms with Crippen molar-refractivity contribution in [2.45, 2.75) is 20.0 Å². The number of nitrogens with zero attached hydrogens (tertiary/aromatic N) is 3. The van der Waals surface area contributed by atoms with Crippen molar-refractivity contribution in [1.29, 1.82) is 0 Å². The van der Waals surface area contributed by atoms with E-state index in [0.29, 0.717) is 5.13 Å². The lowest BCUT2D eigenvalue weighted by molar-refractivity contribution is 0.0691. The maximum Gasteiger partial charge on any atom is 0.355 e. The number of carbonyl (C=O) groups is 1. The molecule has 23 heavy (non-hydrogen) atoms. The van der Waals surface area contributed by atoms with Gasteiger partial charge in [0.2, 0.25) is 5.13 Å². The minimum Gasteiger partial charge on any atom is -0.491 e. The van der Waals surface area contributed by atoms with Crippen LogP contribution in [0.4, 0.5) is 0 Å². The van der Waals surface area contributed by atoms with Crippen molar-refractivity contribution < 1.29 is 14.6 Å². The summed E-state index contributed by atoms with van der Waals surface area (Å²) in [5, 5.41) is 15.4. The quantitative estimate of drug-likeness (QED) is 0.775. The molecule has 0 bridgehead atoms. The van der Waals surface area contributed by atoms with Crippen LogP contribution < -0.4 is 4.74 Å². The smallest absolute Gasteiger partial charge is 0.355 e. The fourth-order valence-corrected chi connectivity index (χ4v) is 2.78. The molecule has 118 valence electrons. The van der Waals surface area contributed by atoms with Crippen LogP contribution in [0.3, 0.4) is 0 Å². The minimum atomic E-state index is -1.04. The van der Waals surface area contributed by atoms with Crippen molar-refractivity contribution in [2.75, 3.05) is 0 Å². The summed E-state index contributed by atoms with van der Waals surface area (Å²) in [5.41, 5.74) is 1.72. The molecule has 0 aliphatic carbocycles. The summed E-state index contributed by atoms with van der Waals surface area (Å²) in [6.07, 6.45) is 1.86. The van der Waals surface area contributed by atoms with E-state index >= 15 is 0 Å². The van der Waals surface area contributed by atoms with Crippen molar-refractivity contribution in [2.24, 2.45) is 0 Å². The summed E-state index contributed by atoms with van der Waals surface area (Å²) >= 11 is 1.23. The molecule has 1 N–H and O–H groups in total. The predicted molar refractivity (Wildman–Crippen MR) is 87.4 cm³/mol. The number of benzene rings is 1. The van der Waals surface area contributed by atoms with E-state index in [4.69, 9.17) is 9.84 Å². The number of rotatable bonds is 5. The highest BCUT2D eigenvalue weighted by atomic mass is 32.1.